The van der Waals surface area contributed by atoms with Crippen molar-refractivity contribution in [3.8, 4) is 0 Å². The highest BCUT2D eigenvalue weighted by Gasteiger charge is 2.47. The summed E-state index contributed by atoms with van der Waals surface area (Å²) in [5.74, 6) is -1.88. The Morgan fingerprint density at radius 2 is 2.00 bits per heavy atom. The Morgan fingerprint density at radius 3 is 2.40 bits per heavy atom. The maximum Gasteiger partial charge on any atom is 0.177 e. The van der Waals surface area contributed by atoms with E-state index < -0.39 is 11.6 Å². The summed E-state index contributed by atoms with van der Waals surface area (Å²) in [5, 5.41) is -0.170. The van der Waals surface area contributed by atoms with E-state index in [-0.39, 0.29) is 16.5 Å². The van der Waals surface area contributed by atoms with Gasteiger partial charge in [-0.25, -0.2) is 8.78 Å². The molecule has 0 aromatic heterocycles. The molecule has 82 valence electrons. The van der Waals surface area contributed by atoms with Gasteiger partial charge in [-0.2, -0.15) is 0 Å². The minimum atomic E-state index is -0.985. The summed E-state index contributed by atoms with van der Waals surface area (Å²) >= 11 is 5.60. The van der Waals surface area contributed by atoms with Crippen LogP contribution in [0.1, 0.15) is 25.3 Å². The molecule has 2 N–H and O–H groups in total. The molecule has 2 rings (SSSR count). The smallest absolute Gasteiger partial charge is 0.177 e. The molecular formula is C11H12ClF2N. The van der Waals surface area contributed by atoms with E-state index in [0.717, 1.165) is 12.8 Å². The molecule has 0 heterocycles. The van der Waals surface area contributed by atoms with E-state index in [2.05, 4.69) is 0 Å². The lowest BCUT2D eigenvalue weighted by atomic mass is 9.89. The molecule has 1 aliphatic rings. The molecule has 1 aliphatic carbocycles. The van der Waals surface area contributed by atoms with Gasteiger partial charge in [-0.15, -0.1) is 0 Å². The van der Waals surface area contributed by atoms with E-state index in [1.807, 2.05) is 6.92 Å². The van der Waals surface area contributed by atoms with E-state index in [1.165, 1.54) is 12.1 Å². The maximum absolute atomic E-state index is 13.2. The van der Waals surface area contributed by atoms with Crippen LogP contribution in [-0.2, 0) is 5.41 Å². The van der Waals surface area contributed by atoms with Crippen LogP contribution >= 0.6 is 11.6 Å². The molecule has 0 saturated heterocycles. The molecule has 0 spiro atoms. The summed E-state index contributed by atoms with van der Waals surface area (Å²) in [4.78, 5) is 0. The molecule has 0 amide bonds. The van der Waals surface area contributed by atoms with Crippen LogP contribution in [0.3, 0.4) is 0 Å². The molecule has 1 aromatic carbocycles. The number of hydrogen-bond donors (Lipinski definition) is 1. The molecule has 15 heavy (non-hydrogen) atoms. The largest absolute Gasteiger partial charge is 0.327 e. The number of rotatable bonds is 2. The van der Waals surface area contributed by atoms with Crippen LogP contribution < -0.4 is 5.73 Å². The third-order valence-corrected chi connectivity index (χ3v) is 3.49. The lowest BCUT2D eigenvalue weighted by molar-refractivity contribution is 0.497. The Balaban J connectivity index is 2.47. The topological polar surface area (TPSA) is 26.0 Å². The lowest BCUT2D eigenvalue weighted by Gasteiger charge is -2.20. The first kappa shape index (κ1) is 10.8. The van der Waals surface area contributed by atoms with Gasteiger partial charge in [0.1, 0.15) is 0 Å². The normalized spacial score (nSPS) is 20.1. The van der Waals surface area contributed by atoms with Crippen molar-refractivity contribution in [2.75, 3.05) is 0 Å². The average Bonchev–Trinajstić information content (AvgIpc) is 2.93. The summed E-state index contributed by atoms with van der Waals surface area (Å²) in [6.07, 6.45) is 1.82. The van der Waals surface area contributed by atoms with Crippen molar-refractivity contribution >= 4 is 11.6 Å². The van der Waals surface area contributed by atoms with E-state index in [1.54, 1.807) is 0 Å². The quantitative estimate of drug-likeness (QED) is 0.778. The summed E-state index contributed by atoms with van der Waals surface area (Å²) in [6.45, 7) is 1.88. The second-order valence-electron chi connectivity index (χ2n) is 4.20. The molecule has 4 heteroatoms. The Morgan fingerprint density at radius 1 is 1.40 bits per heavy atom. The molecular weight excluding hydrogens is 220 g/mol. The highest BCUT2D eigenvalue weighted by molar-refractivity contribution is 6.30. The molecule has 1 atom stereocenters. The molecule has 1 fully saturated rings. The first-order chi connectivity index (χ1) is 6.97. The van der Waals surface area contributed by atoms with Gasteiger partial charge < -0.3 is 5.73 Å². The third kappa shape index (κ3) is 1.64. The standard InChI is InChI=1S/C11H12ClF2N/c1-6(15)11(2-3-11)7-4-8(12)10(14)9(13)5-7/h4-6H,2-3,15H2,1H3. The molecule has 1 aromatic rings. The zero-order valence-corrected chi connectivity index (χ0v) is 9.11. The minimum absolute atomic E-state index is 0.0709. The molecule has 0 radical (unpaired) electrons. The number of nitrogens with two attached hydrogens (primary N) is 1. The van der Waals surface area contributed by atoms with Crippen molar-refractivity contribution in [1.82, 2.24) is 0 Å². The van der Waals surface area contributed by atoms with Crippen molar-refractivity contribution in [2.24, 2.45) is 5.73 Å². The third-order valence-electron chi connectivity index (χ3n) is 3.22. The Labute approximate surface area is 92.2 Å². The van der Waals surface area contributed by atoms with Crippen LogP contribution in [0.4, 0.5) is 8.78 Å². The van der Waals surface area contributed by atoms with Gasteiger partial charge in [-0.3, -0.25) is 0 Å². The zero-order chi connectivity index (χ0) is 11.2. The van der Waals surface area contributed by atoms with Crippen LogP contribution in [0, 0.1) is 11.6 Å². The first-order valence-corrected chi connectivity index (χ1v) is 5.26. The molecule has 1 saturated carbocycles. The molecule has 1 nitrogen and oxygen atoms in total. The van der Waals surface area contributed by atoms with Crippen LogP contribution in [-0.4, -0.2) is 6.04 Å². The summed E-state index contributed by atoms with van der Waals surface area (Å²) in [6, 6.07) is 2.62. The monoisotopic (exact) mass is 231 g/mol. The van der Waals surface area contributed by atoms with Crippen molar-refractivity contribution in [3.63, 3.8) is 0 Å². The minimum Gasteiger partial charge on any atom is -0.327 e. The van der Waals surface area contributed by atoms with Gasteiger partial charge in [-0.1, -0.05) is 11.6 Å². The lowest BCUT2D eigenvalue weighted by Crippen LogP contribution is -2.31. The Bertz CT molecular complexity index is 377. The van der Waals surface area contributed by atoms with Crippen molar-refractivity contribution in [2.45, 2.75) is 31.2 Å². The fourth-order valence-electron chi connectivity index (χ4n) is 1.98. The first-order valence-electron chi connectivity index (χ1n) is 4.88. The van der Waals surface area contributed by atoms with Crippen molar-refractivity contribution in [3.05, 3.63) is 34.4 Å². The summed E-state index contributed by atoms with van der Waals surface area (Å²) < 4.78 is 26.1. The highest BCUT2D eigenvalue weighted by atomic mass is 35.5. The van der Waals surface area contributed by atoms with Gasteiger partial charge in [0, 0.05) is 11.5 Å². The Hall–Kier alpha value is -0.670. The maximum atomic E-state index is 13.2. The van der Waals surface area contributed by atoms with Crippen molar-refractivity contribution < 1.29 is 8.78 Å². The van der Waals surface area contributed by atoms with Gasteiger partial charge in [0.05, 0.1) is 5.02 Å². The van der Waals surface area contributed by atoms with Crippen LogP contribution in [0.5, 0.6) is 0 Å². The molecule has 1 unspecified atom stereocenters. The predicted molar refractivity (Wildman–Crippen MR) is 55.9 cm³/mol. The number of halogens is 3. The SMILES string of the molecule is CC(N)C1(c2cc(F)c(F)c(Cl)c2)CC1. The van der Waals surface area contributed by atoms with E-state index >= 15 is 0 Å². The van der Waals surface area contributed by atoms with Gasteiger partial charge in [0.25, 0.3) is 0 Å². The van der Waals surface area contributed by atoms with Gasteiger partial charge in [0.15, 0.2) is 11.6 Å². The van der Waals surface area contributed by atoms with Crippen LogP contribution in [0.2, 0.25) is 5.02 Å². The highest BCUT2D eigenvalue weighted by Crippen LogP contribution is 2.51. The van der Waals surface area contributed by atoms with Crippen LogP contribution in [0.25, 0.3) is 0 Å². The molecule has 0 aliphatic heterocycles. The van der Waals surface area contributed by atoms with Crippen LogP contribution in [0.15, 0.2) is 12.1 Å². The van der Waals surface area contributed by atoms with E-state index in [9.17, 15) is 8.78 Å². The number of hydrogen-bond acceptors (Lipinski definition) is 1. The van der Waals surface area contributed by atoms with Gasteiger partial charge in [0.2, 0.25) is 0 Å². The summed E-state index contributed by atoms with van der Waals surface area (Å²) in [7, 11) is 0. The number of benzene rings is 1. The van der Waals surface area contributed by atoms with E-state index in [0.29, 0.717) is 5.56 Å². The second-order valence-corrected chi connectivity index (χ2v) is 4.61. The van der Waals surface area contributed by atoms with Gasteiger partial charge >= 0.3 is 0 Å². The zero-order valence-electron chi connectivity index (χ0n) is 8.36. The Kier molecular flexibility index (Phi) is 2.47. The van der Waals surface area contributed by atoms with Gasteiger partial charge in [-0.05, 0) is 37.5 Å². The van der Waals surface area contributed by atoms with Crippen molar-refractivity contribution in [1.29, 1.82) is 0 Å². The summed E-state index contributed by atoms with van der Waals surface area (Å²) in [5.41, 5.74) is 6.36. The fraction of sp³-hybridized carbons (Fsp3) is 0.455. The van der Waals surface area contributed by atoms with E-state index in [4.69, 9.17) is 17.3 Å². The fourth-order valence-corrected chi connectivity index (χ4v) is 2.19. The average molecular weight is 232 g/mol. The predicted octanol–water partition coefficient (Wildman–Crippen LogP) is 3.00. The molecule has 0 bridgehead atoms. The second kappa shape index (κ2) is 3.42.